The van der Waals surface area contributed by atoms with Crippen LogP contribution < -0.4 is 0 Å². The zero-order valence-electron chi connectivity index (χ0n) is 12.7. The molecule has 0 aliphatic heterocycles. The Morgan fingerprint density at radius 3 is 1.43 bits per heavy atom. The zero-order valence-corrected chi connectivity index (χ0v) is 12.7. The summed E-state index contributed by atoms with van der Waals surface area (Å²) in [6.07, 6.45) is -9.89. The second-order valence-corrected chi connectivity index (χ2v) is 4.72. The molecule has 6 unspecified atom stereocenters. The molecule has 23 heavy (non-hydrogen) atoms. The Labute approximate surface area is 132 Å². The van der Waals surface area contributed by atoms with Gasteiger partial charge >= 0.3 is 11.9 Å². The number of aliphatic hydroxyl groups is 6. The first-order valence-corrected chi connectivity index (χ1v) is 6.54. The van der Waals surface area contributed by atoms with E-state index in [-0.39, 0.29) is 12.7 Å². The predicted molar refractivity (Wildman–Crippen MR) is 73.5 cm³/mol. The van der Waals surface area contributed by atoms with Crippen molar-refractivity contribution in [2.45, 2.75) is 50.5 Å². The fourth-order valence-electron chi connectivity index (χ4n) is 1.02. The molecule has 0 fully saturated rings. The first-order chi connectivity index (χ1) is 10.4. The van der Waals surface area contributed by atoms with Crippen LogP contribution in [0.2, 0.25) is 0 Å². The maximum Gasteiger partial charge on any atom is 0.335 e. The third kappa shape index (κ3) is 10.9. The highest BCUT2D eigenvalue weighted by atomic mass is 16.5. The summed E-state index contributed by atoms with van der Waals surface area (Å²) in [4.78, 5) is 20.2. The number of aliphatic carboxylic acids is 2. The van der Waals surface area contributed by atoms with Gasteiger partial charge in [0.15, 0.2) is 12.2 Å². The van der Waals surface area contributed by atoms with Crippen LogP contribution >= 0.6 is 0 Å². The molecular formula is C12H24O11. The van der Waals surface area contributed by atoms with Crippen LogP contribution in [-0.2, 0) is 14.3 Å². The molecule has 11 nitrogen and oxygen atoms in total. The Kier molecular flexibility index (Phi) is 12.6. The monoisotopic (exact) mass is 344 g/mol. The van der Waals surface area contributed by atoms with Crippen molar-refractivity contribution in [2.75, 3.05) is 13.2 Å². The molecule has 0 radical (unpaired) electrons. The third-order valence-electron chi connectivity index (χ3n) is 2.38. The third-order valence-corrected chi connectivity index (χ3v) is 2.38. The highest BCUT2D eigenvalue weighted by molar-refractivity contribution is 5.75. The zero-order chi connectivity index (χ0) is 18.7. The van der Waals surface area contributed by atoms with Crippen LogP contribution in [0.4, 0.5) is 0 Å². The van der Waals surface area contributed by atoms with E-state index in [0.717, 1.165) is 0 Å². The first-order valence-electron chi connectivity index (χ1n) is 6.54. The standard InChI is InChI=1S/C6H10O8.C6H14O3/c7-1(3(9)5(11)12)2(8)4(10)6(13)14;1-5(8)4-9-6(2)3-7/h1-4,7-10H,(H,11,12)(H,13,14);5-8H,3-4H2,1-2H3. The van der Waals surface area contributed by atoms with Gasteiger partial charge in [-0.2, -0.15) is 0 Å². The molecule has 0 aromatic carbocycles. The molecule has 0 rings (SSSR count). The highest BCUT2D eigenvalue weighted by Gasteiger charge is 2.37. The number of carbonyl (C=O) groups is 2. The van der Waals surface area contributed by atoms with Gasteiger partial charge in [-0.3, -0.25) is 0 Å². The van der Waals surface area contributed by atoms with Crippen molar-refractivity contribution in [2.24, 2.45) is 0 Å². The van der Waals surface area contributed by atoms with Crippen LogP contribution in [0.15, 0.2) is 0 Å². The fraction of sp³-hybridized carbons (Fsp3) is 0.833. The second-order valence-electron chi connectivity index (χ2n) is 4.72. The SMILES string of the molecule is CC(O)COC(C)CO.O=C(O)C(O)C(O)C(O)C(O)C(=O)O. The largest absolute Gasteiger partial charge is 0.479 e. The summed E-state index contributed by atoms with van der Waals surface area (Å²) in [5.74, 6) is -3.68. The van der Waals surface area contributed by atoms with Crippen molar-refractivity contribution >= 4 is 11.9 Å². The summed E-state index contributed by atoms with van der Waals surface area (Å²) >= 11 is 0. The first kappa shape index (κ1) is 23.9. The highest BCUT2D eigenvalue weighted by Crippen LogP contribution is 2.05. The molecular weight excluding hydrogens is 320 g/mol. The molecule has 0 spiro atoms. The quantitative estimate of drug-likeness (QED) is 0.205. The van der Waals surface area contributed by atoms with Gasteiger partial charge in [-0.25, -0.2) is 9.59 Å². The van der Waals surface area contributed by atoms with Gasteiger partial charge in [-0.15, -0.1) is 0 Å². The predicted octanol–water partition coefficient (Wildman–Crippen LogP) is -3.64. The van der Waals surface area contributed by atoms with Gasteiger partial charge in [0.05, 0.1) is 25.4 Å². The topological polar surface area (TPSA) is 205 Å². The maximum atomic E-state index is 10.1. The lowest BCUT2D eigenvalue weighted by Gasteiger charge is -2.21. The molecule has 0 aromatic heterocycles. The lowest BCUT2D eigenvalue weighted by atomic mass is 10.0. The van der Waals surface area contributed by atoms with Crippen molar-refractivity contribution in [3.05, 3.63) is 0 Å². The summed E-state index contributed by atoms with van der Waals surface area (Å²) in [7, 11) is 0. The number of ether oxygens (including phenoxy) is 1. The summed E-state index contributed by atoms with van der Waals surface area (Å²) in [5, 5.41) is 68.6. The molecule has 0 saturated carbocycles. The average molecular weight is 344 g/mol. The van der Waals surface area contributed by atoms with E-state index < -0.39 is 42.5 Å². The molecule has 0 aliphatic carbocycles. The minimum Gasteiger partial charge on any atom is -0.479 e. The summed E-state index contributed by atoms with van der Waals surface area (Å²) in [6, 6.07) is 0. The number of aliphatic hydroxyl groups excluding tert-OH is 6. The van der Waals surface area contributed by atoms with Gasteiger partial charge in [-0.1, -0.05) is 0 Å². The van der Waals surface area contributed by atoms with E-state index in [1.165, 1.54) is 0 Å². The molecule has 138 valence electrons. The van der Waals surface area contributed by atoms with Gasteiger partial charge in [0.1, 0.15) is 12.2 Å². The van der Waals surface area contributed by atoms with Crippen molar-refractivity contribution in [3.8, 4) is 0 Å². The Morgan fingerprint density at radius 1 is 0.870 bits per heavy atom. The van der Waals surface area contributed by atoms with Crippen LogP contribution in [0.25, 0.3) is 0 Å². The van der Waals surface area contributed by atoms with E-state index >= 15 is 0 Å². The van der Waals surface area contributed by atoms with Gasteiger partial charge < -0.3 is 45.6 Å². The van der Waals surface area contributed by atoms with E-state index in [2.05, 4.69) is 0 Å². The molecule has 0 aromatic rings. The average Bonchev–Trinajstić information content (AvgIpc) is 2.49. The molecule has 0 bridgehead atoms. The van der Waals surface area contributed by atoms with Crippen LogP contribution in [0.3, 0.4) is 0 Å². The Morgan fingerprint density at radius 2 is 1.22 bits per heavy atom. The smallest absolute Gasteiger partial charge is 0.335 e. The van der Waals surface area contributed by atoms with E-state index in [0.29, 0.717) is 6.61 Å². The van der Waals surface area contributed by atoms with Gasteiger partial charge in [0.2, 0.25) is 0 Å². The summed E-state index contributed by atoms with van der Waals surface area (Å²) in [5.41, 5.74) is 0. The summed E-state index contributed by atoms with van der Waals surface area (Å²) < 4.78 is 4.95. The Bertz CT molecular complexity index is 322. The molecule has 0 amide bonds. The Balaban J connectivity index is 0. The number of hydrogen-bond donors (Lipinski definition) is 8. The van der Waals surface area contributed by atoms with Crippen LogP contribution in [0.5, 0.6) is 0 Å². The lowest BCUT2D eigenvalue weighted by Crippen LogP contribution is -2.49. The number of rotatable bonds is 9. The van der Waals surface area contributed by atoms with Crippen molar-refractivity contribution in [1.82, 2.24) is 0 Å². The van der Waals surface area contributed by atoms with E-state index in [9.17, 15) is 9.59 Å². The molecule has 11 heteroatoms. The normalized spacial score (nSPS) is 18.6. The summed E-state index contributed by atoms with van der Waals surface area (Å²) in [6.45, 7) is 3.70. The Hall–Kier alpha value is -1.34. The molecule has 6 atom stereocenters. The minimum absolute atomic E-state index is 0.00667. The van der Waals surface area contributed by atoms with Crippen molar-refractivity contribution < 1.29 is 55.2 Å². The van der Waals surface area contributed by atoms with Crippen LogP contribution in [0, 0.1) is 0 Å². The maximum absolute atomic E-state index is 10.1. The number of hydrogen-bond acceptors (Lipinski definition) is 9. The van der Waals surface area contributed by atoms with E-state index in [1.54, 1.807) is 13.8 Å². The van der Waals surface area contributed by atoms with E-state index in [4.69, 9.17) is 45.6 Å². The van der Waals surface area contributed by atoms with Gasteiger partial charge in [0, 0.05) is 0 Å². The fourth-order valence-corrected chi connectivity index (χ4v) is 1.02. The lowest BCUT2D eigenvalue weighted by molar-refractivity contribution is -0.172. The molecule has 0 saturated heterocycles. The van der Waals surface area contributed by atoms with E-state index in [1.807, 2.05) is 0 Å². The molecule has 0 aliphatic rings. The van der Waals surface area contributed by atoms with Crippen LogP contribution in [-0.4, -0.2) is 103 Å². The molecule has 0 heterocycles. The van der Waals surface area contributed by atoms with Gasteiger partial charge in [0.25, 0.3) is 0 Å². The van der Waals surface area contributed by atoms with Gasteiger partial charge in [-0.05, 0) is 13.8 Å². The second kappa shape index (κ2) is 12.1. The number of carboxylic acids is 2. The minimum atomic E-state index is -2.36. The van der Waals surface area contributed by atoms with Crippen LogP contribution in [0.1, 0.15) is 13.8 Å². The number of carboxylic acid groups (broad SMARTS) is 2. The van der Waals surface area contributed by atoms with Crippen molar-refractivity contribution in [1.29, 1.82) is 0 Å². The van der Waals surface area contributed by atoms with Crippen molar-refractivity contribution in [3.63, 3.8) is 0 Å². The molecule has 8 N–H and O–H groups in total.